The SMILES string of the molecule is OB(O)Oc1cccc(-n2c3ccc(-c4ccccc4)cc3c3cc(-c4ccccc4)ccc32)c1. The normalized spacial score (nSPS) is 11.1. The van der Waals surface area contributed by atoms with Gasteiger partial charge in [-0.25, -0.2) is 0 Å². The van der Waals surface area contributed by atoms with Crippen LogP contribution in [0.25, 0.3) is 49.7 Å². The van der Waals surface area contributed by atoms with Gasteiger partial charge in [-0.2, -0.15) is 0 Å². The van der Waals surface area contributed by atoms with Crippen LogP contribution >= 0.6 is 0 Å². The Labute approximate surface area is 203 Å². The average Bonchev–Trinajstić information content (AvgIpc) is 3.22. The highest BCUT2D eigenvalue weighted by Crippen LogP contribution is 2.37. The molecule has 2 N–H and O–H groups in total. The van der Waals surface area contributed by atoms with Gasteiger partial charge in [-0.3, -0.25) is 0 Å². The van der Waals surface area contributed by atoms with Gasteiger partial charge in [0.1, 0.15) is 5.75 Å². The molecular formula is C30H22BNO3. The zero-order valence-corrected chi connectivity index (χ0v) is 18.9. The quantitative estimate of drug-likeness (QED) is 0.293. The molecule has 0 fully saturated rings. The maximum Gasteiger partial charge on any atom is 0.707 e. The molecule has 0 saturated carbocycles. The van der Waals surface area contributed by atoms with Gasteiger partial charge in [-0.05, 0) is 58.7 Å². The summed E-state index contributed by atoms with van der Waals surface area (Å²) in [4.78, 5) is 0. The minimum absolute atomic E-state index is 0.384. The number of hydrogen-bond donors (Lipinski definition) is 2. The first-order valence-corrected chi connectivity index (χ1v) is 11.5. The fraction of sp³-hybridized carbons (Fsp3) is 0. The zero-order chi connectivity index (χ0) is 23.8. The van der Waals surface area contributed by atoms with Crippen molar-refractivity contribution in [3.8, 4) is 33.7 Å². The van der Waals surface area contributed by atoms with Crippen LogP contribution in [0.3, 0.4) is 0 Å². The van der Waals surface area contributed by atoms with E-state index >= 15 is 0 Å². The summed E-state index contributed by atoms with van der Waals surface area (Å²) in [5.74, 6) is 0.384. The summed E-state index contributed by atoms with van der Waals surface area (Å²) in [6, 6.07) is 41.2. The van der Waals surface area contributed by atoms with Crippen LogP contribution in [-0.2, 0) is 0 Å². The van der Waals surface area contributed by atoms with Crippen molar-refractivity contribution in [2.45, 2.75) is 0 Å². The Morgan fingerprint density at radius 2 is 1.06 bits per heavy atom. The molecule has 0 saturated heterocycles. The van der Waals surface area contributed by atoms with E-state index in [2.05, 4.69) is 89.5 Å². The third-order valence-corrected chi connectivity index (χ3v) is 6.30. The first-order chi connectivity index (χ1) is 17.2. The maximum atomic E-state index is 9.27. The lowest BCUT2D eigenvalue weighted by atomic mass is 10.0. The Balaban J connectivity index is 1.62. The second kappa shape index (κ2) is 8.80. The summed E-state index contributed by atoms with van der Waals surface area (Å²) in [5, 5.41) is 20.8. The Morgan fingerprint density at radius 3 is 1.57 bits per heavy atom. The smallest absolute Gasteiger partial charge is 0.512 e. The van der Waals surface area contributed by atoms with Crippen molar-refractivity contribution >= 4 is 29.1 Å². The molecule has 6 aromatic rings. The van der Waals surface area contributed by atoms with Crippen LogP contribution in [0.4, 0.5) is 0 Å². The first-order valence-electron chi connectivity index (χ1n) is 11.5. The highest BCUT2D eigenvalue weighted by Gasteiger charge is 2.16. The molecule has 0 atom stereocenters. The van der Waals surface area contributed by atoms with Gasteiger partial charge in [0.25, 0.3) is 0 Å². The van der Waals surface area contributed by atoms with Gasteiger partial charge in [0.05, 0.1) is 11.0 Å². The zero-order valence-electron chi connectivity index (χ0n) is 18.9. The molecule has 35 heavy (non-hydrogen) atoms. The molecule has 5 heteroatoms. The summed E-state index contributed by atoms with van der Waals surface area (Å²) in [6.45, 7) is 0. The van der Waals surface area contributed by atoms with E-state index in [0.717, 1.165) is 38.6 Å². The second-order valence-corrected chi connectivity index (χ2v) is 8.47. The molecule has 0 aliphatic rings. The number of hydrogen-bond acceptors (Lipinski definition) is 3. The van der Waals surface area contributed by atoms with Gasteiger partial charge >= 0.3 is 7.32 Å². The molecule has 6 rings (SSSR count). The van der Waals surface area contributed by atoms with E-state index < -0.39 is 7.32 Å². The van der Waals surface area contributed by atoms with Crippen LogP contribution < -0.4 is 4.65 Å². The number of benzene rings is 5. The molecule has 4 nitrogen and oxygen atoms in total. The number of rotatable bonds is 5. The Hall–Kier alpha value is -4.32. The van der Waals surface area contributed by atoms with Crippen LogP contribution in [0.5, 0.6) is 5.75 Å². The molecule has 0 aliphatic carbocycles. The van der Waals surface area contributed by atoms with Crippen LogP contribution in [0.1, 0.15) is 0 Å². The van der Waals surface area contributed by atoms with Crippen LogP contribution in [0.15, 0.2) is 121 Å². The Kier molecular flexibility index (Phi) is 5.34. The molecule has 0 amide bonds. The lowest BCUT2D eigenvalue weighted by molar-refractivity contribution is 0.288. The minimum Gasteiger partial charge on any atom is -0.512 e. The van der Waals surface area contributed by atoms with Gasteiger partial charge < -0.3 is 19.3 Å². The van der Waals surface area contributed by atoms with E-state index in [1.807, 2.05) is 30.3 Å². The number of nitrogens with zero attached hydrogens (tertiary/aromatic N) is 1. The lowest BCUT2D eigenvalue weighted by Gasteiger charge is -2.11. The van der Waals surface area contributed by atoms with Crippen molar-refractivity contribution in [2.75, 3.05) is 0 Å². The third-order valence-electron chi connectivity index (χ3n) is 6.30. The standard InChI is InChI=1S/C30H22BNO3/c33-31(34)35-26-13-7-12-25(20-26)32-29-16-14-23(21-8-3-1-4-9-21)18-27(29)28-19-24(15-17-30(28)32)22-10-5-2-6-11-22/h1-20,33-34H. The van der Waals surface area contributed by atoms with Gasteiger partial charge in [0.15, 0.2) is 0 Å². The van der Waals surface area contributed by atoms with Crippen LogP contribution in [0, 0.1) is 0 Å². The summed E-state index contributed by atoms with van der Waals surface area (Å²) in [5.41, 5.74) is 7.65. The van der Waals surface area contributed by atoms with Gasteiger partial charge in [0, 0.05) is 22.5 Å². The van der Waals surface area contributed by atoms with Crippen molar-refractivity contribution in [2.24, 2.45) is 0 Å². The monoisotopic (exact) mass is 455 g/mol. The Bertz CT molecular complexity index is 1550. The summed E-state index contributed by atoms with van der Waals surface area (Å²) >= 11 is 0. The molecule has 0 aliphatic heterocycles. The highest BCUT2D eigenvalue weighted by molar-refractivity contribution is 6.33. The van der Waals surface area contributed by atoms with Crippen molar-refractivity contribution in [1.29, 1.82) is 0 Å². The molecule has 5 aromatic carbocycles. The average molecular weight is 455 g/mol. The predicted octanol–water partition coefficient (Wildman–Crippen LogP) is 6.47. The van der Waals surface area contributed by atoms with Gasteiger partial charge in [0.2, 0.25) is 0 Å². The number of fused-ring (bicyclic) bond motifs is 3. The molecule has 0 bridgehead atoms. The molecule has 0 unspecified atom stereocenters. The van der Waals surface area contributed by atoms with E-state index in [-0.39, 0.29) is 0 Å². The fourth-order valence-electron chi connectivity index (χ4n) is 4.74. The van der Waals surface area contributed by atoms with E-state index in [4.69, 9.17) is 4.65 Å². The van der Waals surface area contributed by atoms with Gasteiger partial charge in [-0.1, -0.05) is 78.9 Å². The number of aromatic nitrogens is 1. The Morgan fingerprint density at radius 1 is 0.514 bits per heavy atom. The predicted molar refractivity (Wildman–Crippen MR) is 142 cm³/mol. The molecule has 1 heterocycles. The van der Waals surface area contributed by atoms with Crippen LogP contribution in [-0.4, -0.2) is 21.9 Å². The van der Waals surface area contributed by atoms with E-state index in [9.17, 15) is 10.0 Å². The van der Waals surface area contributed by atoms with E-state index in [1.54, 1.807) is 6.07 Å². The molecule has 1 aromatic heterocycles. The molecular weight excluding hydrogens is 433 g/mol. The summed E-state index contributed by atoms with van der Waals surface area (Å²) in [7, 11) is -1.87. The summed E-state index contributed by atoms with van der Waals surface area (Å²) in [6.07, 6.45) is 0. The van der Waals surface area contributed by atoms with Crippen molar-refractivity contribution in [1.82, 2.24) is 4.57 Å². The maximum absolute atomic E-state index is 9.27. The largest absolute Gasteiger partial charge is 0.707 e. The highest BCUT2D eigenvalue weighted by atomic mass is 16.6. The topological polar surface area (TPSA) is 54.6 Å². The van der Waals surface area contributed by atoms with Crippen molar-refractivity contribution in [3.63, 3.8) is 0 Å². The fourth-order valence-corrected chi connectivity index (χ4v) is 4.74. The van der Waals surface area contributed by atoms with Crippen LogP contribution in [0.2, 0.25) is 0 Å². The van der Waals surface area contributed by atoms with E-state index in [1.165, 1.54) is 11.1 Å². The molecule has 0 spiro atoms. The van der Waals surface area contributed by atoms with E-state index in [0.29, 0.717) is 5.75 Å². The minimum atomic E-state index is -1.87. The first kappa shape index (κ1) is 21.2. The lowest BCUT2D eigenvalue weighted by Crippen LogP contribution is -2.20. The van der Waals surface area contributed by atoms with Crippen molar-refractivity contribution < 1.29 is 14.7 Å². The summed E-state index contributed by atoms with van der Waals surface area (Å²) < 4.78 is 7.31. The second-order valence-electron chi connectivity index (χ2n) is 8.47. The van der Waals surface area contributed by atoms with Crippen molar-refractivity contribution in [3.05, 3.63) is 121 Å². The van der Waals surface area contributed by atoms with Gasteiger partial charge in [-0.15, -0.1) is 0 Å². The molecule has 168 valence electrons. The molecule has 0 radical (unpaired) electrons. The third kappa shape index (κ3) is 3.97.